The van der Waals surface area contributed by atoms with Crippen molar-refractivity contribution in [2.24, 2.45) is 0 Å². The van der Waals surface area contributed by atoms with E-state index in [2.05, 4.69) is 16.0 Å². The van der Waals surface area contributed by atoms with Gasteiger partial charge >= 0.3 is 0 Å². The van der Waals surface area contributed by atoms with Gasteiger partial charge < -0.3 is 9.88 Å². The number of nitrogens with zero attached hydrogens (tertiary/aromatic N) is 2. The van der Waals surface area contributed by atoms with Crippen LogP contribution >= 0.6 is 11.6 Å². The number of nitriles is 1. The lowest BCUT2D eigenvalue weighted by molar-refractivity contribution is -0.112. The molecular formula is C27H22ClN3O. The van der Waals surface area contributed by atoms with Crippen molar-refractivity contribution in [1.29, 1.82) is 5.26 Å². The summed E-state index contributed by atoms with van der Waals surface area (Å²) in [5.74, 6) is -0.428. The van der Waals surface area contributed by atoms with Gasteiger partial charge in [0.15, 0.2) is 0 Å². The summed E-state index contributed by atoms with van der Waals surface area (Å²) < 4.78 is 2.10. The lowest BCUT2D eigenvalue weighted by atomic mass is 10.1. The summed E-state index contributed by atoms with van der Waals surface area (Å²) >= 11 is 6.14. The van der Waals surface area contributed by atoms with E-state index in [9.17, 15) is 10.1 Å². The first-order valence-electron chi connectivity index (χ1n) is 10.3. The average molecular weight is 440 g/mol. The van der Waals surface area contributed by atoms with E-state index < -0.39 is 5.91 Å². The second-order valence-electron chi connectivity index (χ2n) is 7.78. The molecule has 0 saturated carbocycles. The minimum atomic E-state index is -0.428. The van der Waals surface area contributed by atoms with Crippen LogP contribution in [0.3, 0.4) is 0 Å². The maximum absolute atomic E-state index is 12.8. The molecule has 0 fully saturated rings. The van der Waals surface area contributed by atoms with E-state index in [0.717, 1.165) is 33.2 Å². The van der Waals surface area contributed by atoms with Crippen molar-refractivity contribution in [3.63, 3.8) is 0 Å². The van der Waals surface area contributed by atoms with Crippen LogP contribution in [-0.4, -0.2) is 10.5 Å². The quantitative estimate of drug-likeness (QED) is 0.285. The summed E-state index contributed by atoms with van der Waals surface area (Å²) in [4.78, 5) is 12.8. The molecule has 0 bridgehead atoms. The number of carbonyl (C=O) groups excluding carboxylic acids is 1. The monoisotopic (exact) mass is 439 g/mol. The van der Waals surface area contributed by atoms with Crippen molar-refractivity contribution < 1.29 is 4.79 Å². The number of hydrogen-bond acceptors (Lipinski definition) is 2. The summed E-state index contributed by atoms with van der Waals surface area (Å²) in [6.45, 7) is 4.63. The van der Waals surface area contributed by atoms with Gasteiger partial charge in [0.25, 0.3) is 5.91 Å². The summed E-state index contributed by atoms with van der Waals surface area (Å²) in [6, 6.07) is 23.4. The molecule has 4 aromatic rings. The summed E-state index contributed by atoms with van der Waals surface area (Å²) in [7, 11) is 0. The van der Waals surface area contributed by atoms with Gasteiger partial charge in [-0.1, -0.05) is 48.0 Å². The van der Waals surface area contributed by atoms with Crippen LogP contribution in [0.1, 0.15) is 22.3 Å². The Morgan fingerprint density at radius 2 is 1.88 bits per heavy atom. The Kier molecular flexibility index (Phi) is 6.11. The lowest BCUT2D eigenvalue weighted by Gasteiger charge is -2.07. The fourth-order valence-electron chi connectivity index (χ4n) is 3.67. The molecule has 0 aliphatic rings. The second-order valence-corrected chi connectivity index (χ2v) is 8.22. The van der Waals surface area contributed by atoms with Crippen LogP contribution < -0.4 is 5.32 Å². The van der Waals surface area contributed by atoms with Gasteiger partial charge in [-0.15, -0.1) is 0 Å². The molecule has 1 N–H and O–H groups in total. The van der Waals surface area contributed by atoms with E-state index in [1.807, 2.05) is 86.8 Å². The van der Waals surface area contributed by atoms with Gasteiger partial charge in [0.2, 0.25) is 0 Å². The van der Waals surface area contributed by atoms with Gasteiger partial charge in [0, 0.05) is 39.9 Å². The fraction of sp³-hybridized carbons (Fsp3) is 0.111. The van der Waals surface area contributed by atoms with Crippen molar-refractivity contribution in [3.8, 4) is 6.07 Å². The molecule has 0 radical (unpaired) electrons. The first-order valence-corrected chi connectivity index (χ1v) is 10.6. The molecule has 1 heterocycles. The number of rotatable bonds is 5. The minimum absolute atomic E-state index is 0.0499. The number of nitrogens with one attached hydrogen (secondary N) is 1. The number of fused-ring (bicyclic) bond motifs is 1. The highest BCUT2D eigenvalue weighted by molar-refractivity contribution is 6.30. The number of aromatic nitrogens is 1. The van der Waals surface area contributed by atoms with Crippen molar-refractivity contribution in [2.45, 2.75) is 20.4 Å². The Balaban J connectivity index is 1.67. The van der Waals surface area contributed by atoms with Gasteiger partial charge in [-0.3, -0.25) is 4.79 Å². The molecule has 0 saturated heterocycles. The van der Waals surface area contributed by atoms with Crippen LogP contribution in [0.15, 0.2) is 78.5 Å². The third-order valence-corrected chi connectivity index (χ3v) is 5.73. The van der Waals surface area contributed by atoms with Crippen LogP contribution in [0, 0.1) is 25.2 Å². The third-order valence-electron chi connectivity index (χ3n) is 5.49. The topological polar surface area (TPSA) is 57.8 Å². The average Bonchev–Trinajstić information content (AvgIpc) is 3.12. The number of aryl methyl sites for hydroxylation is 2. The molecule has 3 aromatic carbocycles. The smallest absolute Gasteiger partial charge is 0.266 e. The normalized spacial score (nSPS) is 11.4. The highest BCUT2D eigenvalue weighted by atomic mass is 35.5. The molecule has 1 amide bonds. The lowest BCUT2D eigenvalue weighted by Crippen LogP contribution is -2.13. The van der Waals surface area contributed by atoms with Gasteiger partial charge in [-0.05, 0) is 66.9 Å². The highest BCUT2D eigenvalue weighted by Crippen LogP contribution is 2.25. The number of halogens is 1. The van der Waals surface area contributed by atoms with E-state index in [-0.39, 0.29) is 5.57 Å². The molecule has 0 aliphatic carbocycles. The summed E-state index contributed by atoms with van der Waals surface area (Å²) in [5, 5.41) is 14.2. The van der Waals surface area contributed by atoms with E-state index in [1.165, 1.54) is 0 Å². The molecule has 1 aromatic heterocycles. The molecule has 4 nitrogen and oxygen atoms in total. The van der Waals surface area contributed by atoms with Crippen molar-refractivity contribution in [2.75, 3.05) is 5.32 Å². The molecule has 5 heteroatoms. The predicted octanol–water partition coefficient (Wildman–Crippen LogP) is 6.51. The van der Waals surface area contributed by atoms with Gasteiger partial charge in [0.05, 0.1) is 0 Å². The Hall–Kier alpha value is -3.81. The van der Waals surface area contributed by atoms with E-state index >= 15 is 0 Å². The van der Waals surface area contributed by atoms with E-state index in [4.69, 9.17) is 11.6 Å². The molecule has 0 atom stereocenters. The molecule has 0 spiro atoms. The number of carbonyl (C=O) groups is 1. The van der Waals surface area contributed by atoms with Crippen LogP contribution in [0.25, 0.3) is 17.0 Å². The van der Waals surface area contributed by atoms with Gasteiger partial charge in [0.1, 0.15) is 11.6 Å². The minimum Gasteiger partial charge on any atom is -0.342 e. The number of hydrogen-bond donors (Lipinski definition) is 1. The fourth-order valence-corrected chi connectivity index (χ4v) is 3.89. The van der Waals surface area contributed by atoms with Crippen molar-refractivity contribution in [1.82, 2.24) is 4.57 Å². The Labute approximate surface area is 192 Å². The third kappa shape index (κ3) is 4.59. The van der Waals surface area contributed by atoms with Crippen LogP contribution in [0.2, 0.25) is 5.02 Å². The molecular weight excluding hydrogens is 418 g/mol. The van der Waals surface area contributed by atoms with Crippen LogP contribution in [0.4, 0.5) is 5.69 Å². The number of anilines is 1. The Morgan fingerprint density at radius 3 is 2.62 bits per heavy atom. The number of para-hydroxylation sites is 1. The maximum atomic E-state index is 12.8. The Bertz CT molecular complexity index is 1390. The summed E-state index contributed by atoms with van der Waals surface area (Å²) in [5.41, 5.74) is 5.85. The molecule has 4 rings (SSSR count). The highest BCUT2D eigenvalue weighted by Gasteiger charge is 2.13. The Morgan fingerprint density at radius 1 is 1.06 bits per heavy atom. The molecule has 0 unspecified atom stereocenters. The molecule has 158 valence electrons. The van der Waals surface area contributed by atoms with Gasteiger partial charge in [-0.2, -0.15) is 5.26 Å². The zero-order valence-corrected chi connectivity index (χ0v) is 18.6. The predicted molar refractivity (Wildman–Crippen MR) is 131 cm³/mol. The molecule has 32 heavy (non-hydrogen) atoms. The maximum Gasteiger partial charge on any atom is 0.266 e. The van der Waals surface area contributed by atoms with Crippen LogP contribution in [0.5, 0.6) is 0 Å². The van der Waals surface area contributed by atoms with Gasteiger partial charge in [-0.25, -0.2) is 0 Å². The zero-order valence-electron chi connectivity index (χ0n) is 17.9. The SMILES string of the molecule is Cc1ccc(NC(=O)/C(C#N)=C/c2cn(Cc3cccc(Cl)c3)c3ccccc23)cc1C. The number of amides is 1. The largest absolute Gasteiger partial charge is 0.342 e. The second kappa shape index (κ2) is 9.13. The standard InChI is InChI=1S/C27H22ClN3O/c1-18-10-11-24(12-19(18)2)30-27(32)21(15-29)14-22-17-31(26-9-4-3-8-25(22)26)16-20-6-5-7-23(28)13-20/h3-14,17H,16H2,1-2H3,(H,30,32)/b21-14+. The van der Waals surface area contributed by atoms with E-state index in [0.29, 0.717) is 17.3 Å². The van der Waals surface area contributed by atoms with Crippen molar-refractivity contribution >= 4 is 40.2 Å². The first kappa shape index (κ1) is 21.4. The van der Waals surface area contributed by atoms with E-state index in [1.54, 1.807) is 6.08 Å². The first-order chi connectivity index (χ1) is 15.4. The number of benzene rings is 3. The van der Waals surface area contributed by atoms with Crippen LogP contribution in [-0.2, 0) is 11.3 Å². The zero-order chi connectivity index (χ0) is 22.7. The van der Waals surface area contributed by atoms with Crippen molar-refractivity contribution in [3.05, 3.63) is 106 Å². The molecule has 0 aliphatic heterocycles. The summed E-state index contributed by atoms with van der Waals surface area (Å²) in [6.07, 6.45) is 3.61.